The third kappa shape index (κ3) is 4.74. The topological polar surface area (TPSA) is 58.1 Å². The molecule has 0 atom stereocenters. The van der Waals surface area contributed by atoms with Gasteiger partial charge in [0.1, 0.15) is 11.6 Å². The molecule has 3 heterocycles. The van der Waals surface area contributed by atoms with E-state index in [1.807, 2.05) is 24.4 Å². The van der Waals surface area contributed by atoms with Crippen LogP contribution in [-0.2, 0) is 0 Å². The van der Waals surface area contributed by atoms with E-state index in [2.05, 4.69) is 33.2 Å². The monoisotopic (exact) mass is 440 g/mol. The first-order chi connectivity index (χ1) is 14.5. The maximum Gasteiger partial charge on any atom is 0.256 e. The molecule has 1 amide bonds. The van der Waals surface area contributed by atoms with Crippen molar-refractivity contribution in [1.29, 1.82) is 0 Å². The van der Waals surface area contributed by atoms with Gasteiger partial charge in [0.15, 0.2) is 0 Å². The first-order valence-electron chi connectivity index (χ1n) is 9.93. The molecular formula is C23H22Cl2N4O. The Morgan fingerprint density at radius 2 is 1.67 bits per heavy atom. The molecule has 0 aliphatic carbocycles. The van der Waals surface area contributed by atoms with Crippen LogP contribution in [0.15, 0.2) is 54.9 Å². The van der Waals surface area contributed by atoms with Gasteiger partial charge in [-0.2, -0.15) is 0 Å². The van der Waals surface area contributed by atoms with Crippen LogP contribution in [-0.4, -0.2) is 29.0 Å². The van der Waals surface area contributed by atoms with Crippen LogP contribution in [0.3, 0.4) is 0 Å². The quantitative estimate of drug-likeness (QED) is 0.545. The Hall–Kier alpha value is -2.63. The molecule has 1 aliphatic heterocycles. The minimum absolute atomic E-state index is 0.295. The van der Waals surface area contributed by atoms with E-state index in [0.29, 0.717) is 21.4 Å². The van der Waals surface area contributed by atoms with Gasteiger partial charge in [-0.15, -0.1) is 0 Å². The molecule has 0 radical (unpaired) electrons. The van der Waals surface area contributed by atoms with E-state index in [4.69, 9.17) is 23.2 Å². The summed E-state index contributed by atoms with van der Waals surface area (Å²) in [7, 11) is 0. The van der Waals surface area contributed by atoms with Crippen molar-refractivity contribution in [2.75, 3.05) is 23.3 Å². The SMILES string of the molecule is CC1CCN(c2cc(-c3ccnc(NC(=O)c4ccc(Cl)c(Cl)c4)c3)ccn2)CC1. The van der Waals surface area contributed by atoms with Crippen molar-refractivity contribution in [1.82, 2.24) is 9.97 Å². The summed E-state index contributed by atoms with van der Waals surface area (Å²) in [6.07, 6.45) is 5.89. The second-order valence-electron chi connectivity index (χ2n) is 7.59. The third-order valence-electron chi connectivity index (χ3n) is 5.37. The Morgan fingerprint density at radius 1 is 0.967 bits per heavy atom. The van der Waals surface area contributed by atoms with Crippen molar-refractivity contribution < 1.29 is 4.79 Å². The maximum atomic E-state index is 12.5. The highest BCUT2D eigenvalue weighted by Crippen LogP contribution is 2.27. The molecule has 30 heavy (non-hydrogen) atoms. The van der Waals surface area contributed by atoms with Crippen molar-refractivity contribution >= 4 is 40.7 Å². The minimum Gasteiger partial charge on any atom is -0.357 e. The lowest BCUT2D eigenvalue weighted by Gasteiger charge is -2.31. The Bertz CT molecular complexity index is 1060. The predicted octanol–water partition coefficient (Wildman–Crippen LogP) is 5.94. The smallest absolute Gasteiger partial charge is 0.256 e. The van der Waals surface area contributed by atoms with Gasteiger partial charge in [0, 0.05) is 31.0 Å². The van der Waals surface area contributed by atoms with E-state index < -0.39 is 0 Å². The highest BCUT2D eigenvalue weighted by molar-refractivity contribution is 6.42. The van der Waals surface area contributed by atoms with Crippen molar-refractivity contribution in [3.63, 3.8) is 0 Å². The standard InChI is InChI=1S/C23H22Cl2N4O/c1-15-6-10-29(11-7-15)22-14-17(5-9-27-22)16-4-8-26-21(13-16)28-23(30)18-2-3-19(24)20(25)12-18/h2-5,8-9,12-15H,6-7,10-11H2,1H3,(H,26,28,30). The fourth-order valence-electron chi connectivity index (χ4n) is 3.51. The average Bonchev–Trinajstić information content (AvgIpc) is 2.76. The molecule has 1 N–H and O–H groups in total. The van der Waals surface area contributed by atoms with Crippen LogP contribution in [0.1, 0.15) is 30.1 Å². The van der Waals surface area contributed by atoms with Gasteiger partial charge in [0.05, 0.1) is 10.0 Å². The number of piperidine rings is 1. The zero-order chi connectivity index (χ0) is 21.1. The minimum atomic E-state index is -0.295. The number of anilines is 2. The van der Waals surface area contributed by atoms with Crippen molar-refractivity contribution in [3.05, 3.63) is 70.5 Å². The lowest BCUT2D eigenvalue weighted by atomic mass is 9.99. The van der Waals surface area contributed by atoms with E-state index in [1.165, 1.54) is 18.9 Å². The number of pyridine rings is 2. The second kappa shape index (κ2) is 9.02. The molecule has 1 aliphatic rings. The normalized spacial score (nSPS) is 14.6. The maximum absolute atomic E-state index is 12.5. The highest BCUT2D eigenvalue weighted by atomic mass is 35.5. The zero-order valence-electron chi connectivity index (χ0n) is 16.6. The molecule has 154 valence electrons. The molecule has 7 heteroatoms. The summed E-state index contributed by atoms with van der Waals surface area (Å²) >= 11 is 11.9. The molecule has 1 fully saturated rings. The van der Waals surface area contributed by atoms with Crippen LogP contribution in [0, 0.1) is 5.92 Å². The molecule has 3 aromatic rings. The van der Waals surface area contributed by atoms with E-state index in [-0.39, 0.29) is 5.91 Å². The van der Waals surface area contributed by atoms with Gasteiger partial charge in [-0.25, -0.2) is 9.97 Å². The molecular weight excluding hydrogens is 419 g/mol. The van der Waals surface area contributed by atoms with E-state index in [1.54, 1.807) is 18.3 Å². The summed E-state index contributed by atoms with van der Waals surface area (Å²) in [6.45, 7) is 4.35. The molecule has 4 rings (SSSR count). The van der Waals surface area contributed by atoms with Crippen LogP contribution in [0.25, 0.3) is 11.1 Å². The molecule has 1 saturated heterocycles. The van der Waals surface area contributed by atoms with Crippen LogP contribution in [0.5, 0.6) is 0 Å². The van der Waals surface area contributed by atoms with Crippen LogP contribution in [0.2, 0.25) is 10.0 Å². The summed E-state index contributed by atoms with van der Waals surface area (Å²) in [6, 6.07) is 12.6. The number of nitrogens with zero attached hydrogens (tertiary/aromatic N) is 3. The van der Waals surface area contributed by atoms with Gasteiger partial charge in [-0.3, -0.25) is 4.79 Å². The van der Waals surface area contributed by atoms with Gasteiger partial charge in [0.25, 0.3) is 5.91 Å². The summed E-state index contributed by atoms with van der Waals surface area (Å²) in [5.41, 5.74) is 2.41. The molecule has 2 aromatic heterocycles. The number of hydrogen-bond acceptors (Lipinski definition) is 4. The number of carbonyl (C=O) groups is 1. The number of aromatic nitrogens is 2. The molecule has 0 bridgehead atoms. The Balaban J connectivity index is 1.52. The lowest BCUT2D eigenvalue weighted by Crippen LogP contribution is -2.33. The molecule has 0 unspecified atom stereocenters. The van der Waals surface area contributed by atoms with Crippen molar-refractivity contribution in [2.24, 2.45) is 5.92 Å². The van der Waals surface area contributed by atoms with Gasteiger partial charge in [-0.1, -0.05) is 30.1 Å². The second-order valence-corrected chi connectivity index (χ2v) is 8.40. The Kier molecular flexibility index (Phi) is 6.21. The molecule has 5 nitrogen and oxygen atoms in total. The molecule has 0 saturated carbocycles. The third-order valence-corrected chi connectivity index (χ3v) is 6.11. The first kappa shape index (κ1) is 20.6. The number of amides is 1. The van der Waals surface area contributed by atoms with Crippen molar-refractivity contribution in [3.8, 4) is 11.1 Å². The largest absolute Gasteiger partial charge is 0.357 e. The van der Waals surface area contributed by atoms with E-state index in [9.17, 15) is 4.79 Å². The van der Waals surface area contributed by atoms with Gasteiger partial charge in [-0.05, 0) is 72.4 Å². The molecule has 0 spiro atoms. The first-order valence-corrected chi connectivity index (χ1v) is 10.7. The Morgan fingerprint density at radius 3 is 2.40 bits per heavy atom. The number of rotatable bonds is 4. The fraction of sp³-hybridized carbons (Fsp3) is 0.261. The summed E-state index contributed by atoms with van der Waals surface area (Å²) in [5, 5.41) is 3.56. The van der Waals surface area contributed by atoms with Crippen LogP contribution >= 0.6 is 23.2 Å². The number of hydrogen-bond donors (Lipinski definition) is 1. The van der Waals surface area contributed by atoms with Gasteiger partial charge >= 0.3 is 0 Å². The number of halogens is 2. The van der Waals surface area contributed by atoms with E-state index in [0.717, 1.165) is 36.0 Å². The van der Waals surface area contributed by atoms with Gasteiger partial charge in [0.2, 0.25) is 0 Å². The average molecular weight is 441 g/mol. The summed E-state index contributed by atoms with van der Waals surface area (Å²) < 4.78 is 0. The van der Waals surface area contributed by atoms with Gasteiger partial charge < -0.3 is 10.2 Å². The predicted molar refractivity (Wildman–Crippen MR) is 122 cm³/mol. The Labute approximate surface area is 186 Å². The summed E-state index contributed by atoms with van der Waals surface area (Å²) in [5.74, 6) is 1.92. The van der Waals surface area contributed by atoms with Crippen LogP contribution in [0.4, 0.5) is 11.6 Å². The number of carbonyl (C=O) groups excluding carboxylic acids is 1. The fourth-order valence-corrected chi connectivity index (χ4v) is 3.81. The zero-order valence-corrected chi connectivity index (χ0v) is 18.1. The van der Waals surface area contributed by atoms with Crippen LogP contribution < -0.4 is 10.2 Å². The highest BCUT2D eigenvalue weighted by Gasteiger charge is 2.17. The van der Waals surface area contributed by atoms with Crippen molar-refractivity contribution in [2.45, 2.75) is 19.8 Å². The molecule has 1 aromatic carbocycles. The summed E-state index contributed by atoms with van der Waals surface area (Å²) in [4.78, 5) is 23.7. The van der Waals surface area contributed by atoms with E-state index >= 15 is 0 Å². The lowest BCUT2D eigenvalue weighted by molar-refractivity contribution is 0.102. The number of nitrogens with one attached hydrogen (secondary N) is 1. The number of benzene rings is 1.